The quantitative estimate of drug-likeness (QED) is 0.377. The molecule has 0 bridgehead atoms. The van der Waals surface area contributed by atoms with Crippen molar-refractivity contribution in [2.45, 2.75) is 26.8 Å². The molecule has 4 aromatic rings. The predicted molar refractivity (Wildman–Crippen MR) is 122 cm³/mol. The van der Waals surface area contributed by atoms with Crippen LogP contribution in [0.4, 0.5) is 5.13 Å². The third-order valence-electron chi connectivity index (χ3n) is 4.98. The second kappa shape index (κ2) is 8.36. The highest BCUT2D eigenvalue weighted by atomic mass is 35.5. The number of hydrogen-bond donors (Lipinski definition) is 0. The Kier molecular flexibility index (Phi) is 5.65. The normalized spacial score (nSPS) is 11.0. The number of rotatable bonds is 5. The molecule has 146 valence electrons. The molecular weight excluding hydrogens is 400 g/mol. The molecule has 4 rings (SSSR count). The van der Waals surface area contributed by atoms with Crippen molar-refractivity contribution in [3.63, 3.8) is 0 Å². The van der Waals surface area contributed by atoms with Gasteiger partial charge in [-0.3, -0.25) is 9.69 Å². The molecule has 0 saturated heterocycles. The maximum atomic E-state index is 13.3. The fraction of sp³-hybridized carbons (Fsp3) is 0.167. The molecule has 0 N–H and O–H groups in total. The summed E-state index contributed by atoms with van der Waals surface area (Å²) in [6.45, 7) is 4.63. The molecule has 0 saturated carbocycles. The highest BCUT2D eigenvalue weighted by Crippen LogP contribution is 2.32. The average molecular weight is 421 g/mol. The summed E-state index contributed by atoms with van der Waals surface area (Å²) < 4.78 is 0.976. The van der Waals surface area contributed by atoms with Crippen molar-refractivity contribution in [2.24, 2.45) is 0 Å². The zero-order valence-corrected chi connectivity index (χ0v) is 17.9. The molecule has 0 radical (unpaired) electrons. The Morgan fingerprint density at radius 1 is 0.966 bits per heavy atom. The van der Waals surface area contributed by atoms with Crippen molar-refractivity contribution >= 4 is 44.2 Å². The van der Waals surface area contributed by atoms with Gasteiger partial charge in [-0.05, 0) is 54.3 Å². The lowest BCUT2D eigenvalue weighted by molar-refractivity contribution is -0.118. The van der Waals surface area contributed by atoms with Crippen LogP contribution < -0.4 is 4.90 Å². The molecule has 0 aliphatic rings. The van der Waals surface area contributed by atoms with Crippen LogP contribution in [-0.2, 0) is 17.8 Å². The Morgan fingerprint density at radius 2 is 1.76 bits per heavy atom. The third kappa shape index (κ3) is 4.50. The molecule has 1 amide bonds. The predicted octanol–water partition coefficient (Wildman–Crippen LogP) is 6.34. The second-order valence-electron chi connectivity index (χ2n) is 7.17. The Balaban J connectivity index is 1.68. The first-order valence-corrected chi connectivity index (χ1v) is 10.7. The van der Waals surface area contributed by atoms with Gasteiger partial charge in [0.15, 0.2) is 5.13 Å². The van der Waals surface area contributed by atoms with Crippen LogP contribution in [0, 0.1) is 13.8 Å². The highest BCUT2D eigenvalue weighted by molar-refractivity contribution is 7.22. The Hall–Kier alpha value is -2.69. The molecule has 0 aliphatic carbocycles. The maximum Gasteiger partial charge on any atom is 0.233 e. The zero-order chi connectivity index (χ0) is 20.4. The average Bonchev–Trinajstić information content (AvgIpc) is 3.12. The van der Waals surface area contributed by atoms with Crippen LogP contribution in [0.25, 0.3) is 10.2 Å². The van der Waals surface area contributed by atoms with E-state index >= 15 is 0 Å². The molecule has 29 heavy (non-hydrogen) atoms. The van der Waals surface area contributed by atoms with Gasteiger partial charge in [-0.15, -0.1) is 0 Å². The third-order valence-corrected chi connectivity index (χ3v) is 6.26. The van der Waals surface area contributed by atoms with E-state index in [1.54, 1.807) is 4.90 Å². The van der Waals surface area contributed by atoms with Crippen molar-refractivity contribution in [1.82, 2.24) is 4.98 Å². The van der Waals surface area contributed by atoms with Crippen LogP contribution in [0.15, 0.2) is 66.7 Å². The van der Waals surface area contributed by atoms with E-state index in [0.29, 0.717) is 23.1 Å². The van der Waals surface area contributed by atoms with Crippen LogP contribution in [0.2, 0.25) is 5.02 Å². The van der Waals surface area contributed by atoms with Gasteiger partial charge in [0.25, 0.3) is 0 Å². The lowest BCUT2D eigenvalue weighted by Crippen LogP contribution is -2.31. The molecule has 0 fully saturated rings. The molecule has 3 nitrogen and oxygen atoms in total. The maximum absolute atomic E-state index is 13.3. The topological polar surface area (TPSA) is 33.2 Å². The standard InChI is InChI=1S/C24H21ClN2OS/c1-16-8-9-19(12-17(16)2)13-23(28)27(15-18-6-4-3-5-7-18)24-26-21-11-10-20(25)14-22(21)29-24/h3-12,14H,13,15H2,1-2H3. The number of aryl methyl sites for hydroxylation is 2. The van der Waals surface area contributed by atoms with Gasteiger partial charge in [0.05, 0.1) is 23.2 Å². The van der Waals surface area contributed by atoms with Gasteiger partial charge in [-0.25, -0.2) is 4.98 Å². The van der Waals surface area contributed by atoms with Crippen LogP contribution in [0.5, 0.6) is 0 Å². The molecule has 1 aromatic heterocycles. The molecule has 0 atom stereocenters. The smallest absolute Gasteiger partial charge is 0.233 e. The minimum absolute atomic E-state index is 0.0299. The summed E-state index contributed by atoms with van der Waals surface area (Å²) >= 11 is 7.63. The van der Waals surface area contributed by atoms with E-state index in [2.05, 4.69) is 26.0 Å². The molecule has 5 heteroatoms. The number of halogens is 1. The van der Waals surface area contributed by atoms with Gasteiger partial charge in [-0.2, -0.15) is 0 Å². The summed E-state index contributed by atoms with van der Waals surface area (Å²) in [7, 11) is 0. The van der Waals surface area contributed by atoms with Crippen LogP contribution in [-0.4, -0.2) is 10.9 Å². The fourth-order valence-corrected chi connectivity index (χ4v) is 4.47. The summed E-state index contributed by atoms with van der Waals surface area (Å²) in [5, 5.41) is 1.36. The number of amides is 1. The molecular formula is C24H21ClN2OS. The summed E-state index contributed by atoms with van der Waals surface area (Å²) in [5.41, 5.74) is 5.36. The van der Waals surface area contributed by atoms with E-state index in [1.165, 1.54) is 22.5 Å². The first-order chi connectivity index (χ1) is 14.0. The van der Waals surface area contributed by atoms with Crippen molar-refractivity contribution in [2.75, 3.05) is 4.90 Å². The van der Waals surface area contributed by atoms with E-state index in [9.17, 15) is 4.79 Å². The number of aromatic nitrogens is 1. The van der Waals surface area contributed by atoms with Crippen LogP contribution in [0.3, 0.4) is 0 Å². The summed E-state index contributed by atoms with van der Waals surface area (Å²) in [6, 6.07) is 21.8. The number of nitrogens with zero attached hydrogens (tertiary/aromatic N) is 2. The first kappa shape index (κ1) is 19.6. The van der Waals surface area contributed by atoms with E-state index in [0.717, 1.165) is 21.3 Å². The van der Waals surface area contributed by atoms with E-state index in [1.807, 2.05) is 54.6 Å². The first-order valence-electron chi connectivity index (χ1n) is 9.46. The molecule has 3 aromatic carbocycles. The Morgan fingerprint density at radius 3 is 2.52 bits per heavy atom. The minimum atomic E-state index is 0.0299. The SMILES string of the molecule is Cc1ccc(CC(=O)N(Cc2ccccc2)c2nc3ccc(Cl)cc3s2)cc1C. The highest BCUT2D eigenvalue weighted by Gasteiger charge is 2.21. The largest absolute Gasteiger partial charge is 0.283 e. The van der Waals surface area contributed by atoms with Gasteiger partial charge in [0.1, 0.15) is 0 Å². The van der Waals surface area contributed by atoms with Crippen molar-refractivity contribution in [3.05, 3.63) is 94.0 Å². The number of fused-ring (bicyclic) bond motifs is 1. The van der Waals surface area contributed by atoms with Gasteiger partial charge >= 0.3 is 0 Å². The van der Waals surface area contributed by atoms with Gasteiger partial charge in [0, 0.05) is 5.02 Å². The fourth-order valence-electron chi connectivity index (χ4n) is 3.21. The van der Waals surface area contributed by atoms with Crippen molar-refractivity contribution in [3.8, 4) is 0 Å². The van der Waals surface area contributed by atoms with Gasteiger partial charge in [-0.1, -0.05) is 71.5 Å². The number of benzene rings is 3. The molecule has 1 heterocycles. The summed E-state index contributed by atoms with van der Waals surface area (Å²) in [6.07, 6.45) is 0.338. The second-order valence-corrected chi connectivity index (χ2v) is 8.61. The van der Waals surface area contributed by atoms with Crippen molar-refractivity contribution in [1.29, 1.82) is 0 Å². The molecule has 0 aliphatic heterocycles. The van der Waals surface area contributed by atoms with E-state index in [4.69, 9.17) is 16.6 Å². The van der Waals surface area contributed by atoms with E-state index in [-0.39, 0.29) is 5.91 Å². The lowest BCUT2D eigenvalue weighted by atomic mass is 10.0. The molecule has 0 spiro atoms. The van der Waals surface area contributed by atoms with Gasteiger partial charge < -0.3 is 0 Å². The number of carbonyl (C=O) groups excluding carboxylic acids is 1. The minimum Gasteiger partial charge on any atom is -0.283 e. The van der Waals surface area contributed by atoms with Crippen LogP contribution >= 0.6 is 22.9 Å². The summed E-state index contributed by atoms with van der Waals surface area (Å²) in [5.74, 6) is 0.0299. The lowest BCUT2D eigenvalue weighted by Gasteiger charge is -2.20. The van der Waals surface area contributed by atoms with Gasteiger partial charge in [0.2, 0.25) is 5.91 Å². The van der Waals surface area contributed by atoms with E-state index < -0.39 is 0 Å². The Labute approximate surface area is 179 Å². The number of thiazole rings is 1. The van der Waals surface area contributed by atoms with Crippen LogP contribution in [0.1, 0.15) is 22.3 Å². The number of carbonyl (C=O) groups is 1. The monoisotopic (exact) mass is 420 g/mol. The zero-order valence-electron chi connectivity index (χ0n) is 16.4. The number of hydrogen-bond acceptors (Lipinski definition) is 3. The molecule has 0 unspecified atom stereocenters. The Bertz CT molecular complexity index is 1170. The summed E-state index contributed by atoms with van der Waals surface area (Å²) in [4.78, 5) is 19.8. The number of anilines is 1. The van der Waals surface area contributed by atoms with Crippen molar-refractivity contribution < 1.29 is 4.79 Å².